The summed E-state index contributed by atoms with van der Waals surface area (Å²) < 4.78 is 11.2. The molecule has 1 aliphatic rings. The van der Waals surface area contributed by atoms with Crippen molar-refractivity contribution in [2.24, 2.45) is 0 Å². The molecule has 6 heteroatoms. The van der Waals surface area contributed by atoms with E-state index < -0.39 is 0 Å². The van der Waals surface area contributed by atoms with Crippen LogP contribution in [0.1, 0.15) is 5.56 Å². The smallest absolute Gasteiger partial charge is 0.119 e. The van der Waals surface area contributed by atoms with Crippen LogP contribution in [0.5, 0.6) is 5.75 Å². The molecular formula is C17H26Cl2N2O2. The lowest BCUT2D eigenvalue weighted by atomic mass is 10.2. The summed E-state index contributed by atoms with van der Waals surface area (Å²) in [6.07, 6.45) is 0. The second-order valence-corrected chi connectivity index (χ2v) is 6.36. The van der Waals surface area contributed by atoms with Gasteiger partial charge >= 0.3 is 0 Å². The van der Waals surface area contributed by atoms with Gasteiger partial charge in [-0.3, -0.25) is 9.80 Å². The molecule has 130 valence electrons. The van der Waals surface area contributed by atoms with Crippen molar-refractivity contribution in [2.45, 2.75) is 6.54 Å². The van der Waals surface area contributed by atoms with Crippen molar-refractivity contribution in [1.29, 1.82) is 0 Å². The van der Waals surface area contributed by atoms with E-state index >= 15 is 0 Å². The highest BCUT2D eigenvalue weighted by atomic mass is 35.5. The van der Waals surface area contributed by atoms with Gasteiger partial charge in [-0.15, -0.1) is 23.2 Å². The average Bonchev–Trinajstić information content (AvgIpc) is 2.57. The molecule has 0 N–H and O–H groups in total. The van der Waals surface area contributed by atoms with E-state index in [9.17, 15) is 0 Å². The minimum atomic E-state index is 0.618. The molecule has 0 saturated carbocycles. The van der Waals surface area contributed by atoms with Gasteiger partial charge in [-0.05, 0) is 17.7 Å². The third-order valence-electron chi connectivity index (χ3n) is 3.89. The number of morpholine rings is 1. The average molecular weight is 361 g/mol. The number of hydrogen-bond donors (Lipinski definition) is 0. The van der Waals surface area contributed by atoms with Crippen molar-refractivity contribution in [1.82, 2.24) is 9.80 Å². The molecule has 0 spiro atoms. The molecule has 0 bridgehead atoms. The number of benzene rings is 1. The number of rotatable bonds is 10. The van der Waals surface area contributed by atoms with Gasteiger partial charge in [-0.25, -0.2) is 0 Å². The molecule has 0 aromatic heterocycles. The van der Waals surface area contributed by atoms with Crippen LogP contribution < -0.4 is 4.74 Å². The lowest BCUT2D eigenvalue weighted by molar-refractivity contribution is 0.0322. The number of hydrogen-bond acceptors (Lipinski definition) is 4. The van der Waals surface area contributed by atoms with Crippen molar-refractivity contribution >= 4 is 23.2 Å². The topological polar surface area (TPSA) is 24.9 Å². The Morgan fingerprint density at radius 1 is 1.13 bits per heavy atom. The Kier molecular flexibility index (Phi) is 9.09. The number of alkyl halides is 2. The van der Waals surface area contributed by atoms with Gasteiger partial charge in [0.15, 0.2) is 0 Å². The first-order valence-corrected chi connectivity index (χ1v) is 9.25. The Hall–Kier alpha value is -0.520. The molecule has 0 radical (unpaired) electrons. The van der Waals surface area contributed by atoms with Crippen molar-refractivity contribution in [3.05, 3.63) is 29.8 Å². The highest BCUT2D eigenvalue weighted by molar-refractivity contribution is 6.18. The molecule has 2 rings (SSSR count). The molecule has 0 atom stereocenters. The van der Waals surface area contributed by atoms with Crippen LogP contribution in [0.15, 0.2) is 24.3 Å². The number of halogens is 2. The largest absolute Gasteiger partial charge is 0.492 e. The van der Waals surface area contributed by atoms with E-state index in [0.29, 0.717) is 18.4 Å². The molecule has 1 saturated heterocycles. The van der Waals surface area contributed by atoms with E-state index in [-0.39, 0.29) is 0 Å². The molecule has 0 amide bonds. The Morgan fingerprint density at radius 3 is 2.57 bits per heavy atom. The van der Waals surface area contributed by atoms with Gasteiger partial charge in [-0.1, -0.05) is 12.1 Å². The zero-order chi connectivity index (χ0) is 16.3. The zero-order valence-electron chi connectivity index (χ0n) is 13.6. The third kappa shape index (κ3) is 7.27. The fourth-order valence-corrected chi connectivity index (χ4v) is 3.10. The van der Waals surface area contributed by atoms with E-state index in [1.54, 1.807) is 0 Å². The Balaban J connectivity index is 1.78. The van der Waals surface area contributed by atoms with Crippen LogP contribution in [-0.2, 0) is 11.3 Å². The van der Waals surface area contributed by atoms with Crippen molar-refractivity contribution < 1.29 is 9.47 Å². The van der Waals surface area contributed by atoms with Gasteiger partial charge in [0, 0.05) is 51.0 Å². The van der Waals surface area contributed by atoms with Crippen LogP contribution in [-0.4, -0.2) is 74.1 Å². The van der Waals surface area contributed by atoms with E-state index in [4.69, 9.17) is 32.7 Å². The normalized spacial score (nSPS) is 16.0. The minimum Gasteiger partial charge on any atom is -0.492 e. The Morgan fingerprint density at radius 2 is 1.87 bits per heavy atom. The predicted octanol–water partition coefficient (Wildman–Crippen LogP) is 2.68. The van der Waals surface area contributed by atoms with Gasteiger partial charge in [0.2, 0.25) is 0 Å². The number of ether oxygens (including phenoxy) is 2. The molecular weight excluding hydrogens is 335 g/mol. The summed E-state index contributed by atoms with van der Waals surface area (Å²) in [5.74, 6) is 2.16. The molecule has 1 aromatic rings. The molecule has 1 heterocycles. The lowest BCUT2D eigenvalue weighted by Gasteiger charge is -2.26. The third-order valence-corrected chi connectivity index (χ3v) is 4.22. The summed E-state index contributed by atoms with van der Waals surface area (Å²) in [5.41, 5.74) is 1.23. The highest BCUT2D eigenvalue weighted by Crippen LogP contribution is 2.15. The highest BCUT2D eigenvalue weighted by Gasteiger charge is 2.10. The molecule has 0 aliphatic carbocycles. The standard InChI is InChI=1S/C17H26Cl2N2O2/c18-4-6-21(7-5-19)15-16-2-1-3-17(14-16)23-13-10-20-8-11-22-12-9-20/h1-3,14H,4-13,15H2. The van der Waals surface area contributed by atoms with E-state index in [1.807, 2.05) is 12.1 Å². The summed E-state index contributed by atoms with van der Waals surface area (Å²) in [6.45, 7) is 7.82. The van der Waals surface area contributed by atoms with E-state index in [0.717, 1.165) is 58.2 Å². The first-order chi connectivity index (χ1) is 11.3. The van der Waals surface area contributed by atoms with Crippen molar-refractivity contribution in [2.75, 3.05) is 64.3 Å². The summed E-state index contributed by atoms with van der Waals surface area (Å²) in [7, 11) is 0. The van der Waals surface area contributed by atoms with Crippen molar-refractivity contribution in [3.8, 4) is 5.75 Å². The van der Waals surface area contributed by atoms with Crippen LogP contribution in [0.4, 0.5) is 0 Å². The molecule has 0 unspecified atom stereocenters. The maximum Gasteiger partial charge on any atom is 0.119 e. The van der Waals surface area contributed by atoms with Gasteiger partial charge in [0.25, 0.3) is 0 Å². The number of nitrogens with zero attached hydrogens (tertiary/aromatic N) is 2. The maximum atomic E-state index is 5.90. The summed E-state index contributed by atoms with van der Waals surface area (Å²) in [5, 5.41) is 0. The summed E-state index contributed by atoms with van der Waals surface area (Å²) >= 11 is 11.7. The molecule has 4 nitrogen and oxygen atoms in total. The minimum absolute atomic E-state index is 0.618. The van der Waals surface area contributed by atoms with Crippen molar-refractivity contribution in [3.63, 3.8) is 0 Å². The predicted molar refractivity (Wildman–Crippen MR) is 95.9 cm³/mol. The van der Waals surface area contributed by atoms with Crippen LogP contribution in [0.3, 0.4) is 0 Å². The monoisotopic (exact) mass is 360 g/mol. The first kappa shape index (κ1) is 18.8. The Bertz CT molecular complexity index is 436. The van der Waals surface area contributed by atoms with E-state index in [1.165, 1.54) is 5.56 Å². The maximum absolute atomic E-state index is 5.90. The second-order valence-electron chi connectivity index (χ2n) is 5.60. The fourth-order valence-electron chi connectivity index (χ4n) is 2.62. The van der Waals surface area contributed by atoms with Crippen LogP contribution >= 0.6 is 23.2 Å². The summed E-state index contributed by atoms with van der Waals surface area (Å²) in [4.78, 5) is 4.63. The SMILES string of the molecule is ClCCN(CCCl)Cc1cccc(OCCN2CCOCC2)c1. The zero-order valence-corrected chi connectivity index (χ0v) is 15.1. The van der Waals surface area contributed by atoms with E-state index in [2.05, 4.69) is 21.9 Å². The van der Waals surface area contributed by atoms with Crippen LogP contribution in [0.2, 0.25) is 0 Å². The second kappa shape index (κ2) is 11.1. The molecule has 1 fully saturated rings. The molecule has 1 aliphatic heterocycles. The van der Waals surface area contributed by atoms with Gasteiger partial charge in [0.05, 0.1) is 13.2 Å². The quantitative estimate of drug-likeness (QED) is 0.599. The first-order valence-electron chi connectivity index (χ1n) is 8.18. The van der Waals surface area contributed by atoms with Crippen LogP contribution in [0, 0.1) is 0 Å². The van der Waals surface area contributed by atoms with Gasteiger partial charge in [0.1, 0.15) is 12.4 Å². The molecule has 1 aromatic carbocycles. The fraction of sp³-hybridized carbons (Fsp3) is 0.647. The van der Waals surface area contributed by atoms with Gasteiger partial charge < -0.3 is 9.47 Å². The summed E-state index contributed by atoms with van der Waals surface area (Å²) in [6, 6.07) is 8.27. The molecule has 23 heavy (non-hydrogen) atoms. The Labute approximate surface area is 149 Å². The van der Waals surface area contributed by atoms with Gasteiger partial charge in [-0.2, -0.15) is 0 Å². The van der Waals surface area contributed by atoms with Crippen LogP contribution in [0.25, 0.3) is 0 Å². The lowest BCUT2D eigenvalue weighted by Crippen LogP contribution is -2.38.